The number of esters is 2. The van der Waals surface area contributed by atoms with Crippen molar-refractivity contribution < 1.29 is 27.5 Å². The second-order valence-electron chi connectivity index (χ2n) is 5.47. The lowest BCUT2D eigenvalue weighted by atomic mass is 10.1. The van der Waals surface area contributed by atoms with Crippen molar-refractivity contribution in [2.24, 2.45) is 0 Å². The van der Waals surface area contributed by atoms with Gasteiger partial charge in [-0.3, -0.25) is 9.10 Å². The Morgan fingerprint density at radius 3 is 2.37 bits per heavy atom. The number of carbonyl (C=O) groups excluding carboxylic acids is 2. The number of nitrogens with zero attached hydrogens (tertiary/aromatic N) is 1. The van der Waals surface area contributed by atoms with Gasteiger partial charge in [-0.1, -0.05) is 6.07 Å². The van der Waals surface area contributed by atoms with Crippen LogP contribution >= 0.6 is 11.3 Å². The van der Waals surface area contributed by atoms with E-state index in [2.05, 4.69) is 0 Å². The number of ether oxygens (including phenoxy) is 2. The molecule has 0 fully saturated rings. The number of carbonyl (C=O) groups is 2. The molecular weight excluding hydrogens is 390 g/mol. The summed E-state index contributed by atoms with van der Waals surface area (Å²) < 4.78 is 37.1. The van der Waals surface area contributed by atoms with Gasteiger partial charge in [0.25, 0.3) is 10.0 Å². The molecule has 0 saturated carbocycles. The van der Waals surface area contributed by atoms with Crippen LogP contribution < -0.4 is 4.31 Å². The predicted octanol–water partition coefficient (Wildman–Crippen LogP) is 2.99. The van der Waals surface area contributed by atoms with Gasteiger partial charge in [0.15, 0.2) is 0 Å². The molecule has 0 N–H and O–H groups in total. The summed E-state index contributed by atoms with van der Waals surface area (Å²) in [6, 6.07) is 7.60. The monoisotopic (exact) mass is 411 g/mol. The van der Waals surface area contributed by atoms with E-state index in [0.717, 1.165) is 15.6 Å². The second kappa shape index (κ2) is 9.01. The molecule has 0 radical (unpaired) electrons. The lowest BCUT2D eigenvalue weighted by molar-refractivity contribution is -0.141. The average Bonchev–Trinajstić information content (AvgIpc) is 3.16. The third-order valence-electron chi connectivity index (χ3n) is 3.59. The highest BCUT2D eigenvalue weighted by molar-refractivity contribution is 7.94. The first-order valence-corrected chi connectivity index (χ1v) is 10.6. The zero-order valence-corrected chi connectivity index (χ0v) is 16.9. The van der Waals surface area contributed by atoms with Crippen LogP contribution in [0.1, 0.15) is 29.8 Å². The van der Waals surface area contributed by atoms with E-state index in [9.17, 15) is 18.0 Å². The molecule has 0 amide bonds. The van der Waals surface area contributed by atoms with Gasteiger partial charge in [0, 0.05) is 0 Å². The number of hydrogen-bond acceptors (Lipinski definition) is 7. The van der Waals surface area contributed by atoms with Gasteiger partial charge in [0.1, 0.15) is 10.8 Å². The molecule has 1 heterocycles. The van der Waals surface area contributed by atoms with Crippen LogP contribution in [0.2, 0.25) is 0 Å². The minimum atomic E-state index is -3.96. The van der Waals surface area contributed by atoms with Crippen LogP contribution in [0.3, 0.4) is 0 Å². The molecule has 0 unspecified atom stereocenters. The first-order valence-electron chi connectivity index (χ1n) is 8.30. The number of sulfonamides is 1. The van der Waals surface area contributed by atoms with Gasteiger partial charge in [-0.05, 0) is 56.0 Å². The summed E-state index contributed by atoms with van der Waals surface area (Å²) in [6.45, 7) is 4.94. The van der Waals surface area contributed by atoms with E-state index in [4.69, 9.17) is 9.47 Å². The molecule has 1 aromatic carbocycles. The van der Waals surface area contributed by atoms with Crippen LogP contribution in [0.15, 0.2) is 39.9 Å². The van der Waals surface area contributed by atoms with E-state index in [-0.39, 0.29) is 17.4 Å². The van der Waals surface area contributed by atoms with Crippen LogP contribution in [-0.4, -0.2) is 40.1 Å². The first kappa shape index (κ1) is 20.9. The van der Waals surface area contributed by atoms with Crippen molar-refractivity contribution in [2.75, 3.05) is 24.1 Å². The number of anilines is 1. The zero-order chi connectivity index (χ0) is 20.0. The molecule has 0 spiro atoms. The summed E-state index contributed by atoms with van der Waals surface area (Å²) in [5.74, 6) is -1.16. The van der Waals surface area contributed by atoms with Gasteiger partial charge in [-0.15, -0.1) is 11.3 Å². The third-order valence-corrected chi connectivity index (χ3v) is 6.73. The average molecular weight is 412 g/mol. The molecule has 2 aromatic rings. The van der Waals surface area contributed by atoms with Crippen molar-refractivity contribution >= 4 is 39.0 Å². The van der Waals surface area contributed by atoms with E-state index in [1.807, 2.05) is 0 Å². The van der Waals surface area contributed by atoms with E-state index in [1.165, 1.54) is 24.3 Å². The van der Waals surface area contributed by atoms with Crippen LogP contribution in [0.4, 0.5) is 5.69 Å². The summed E-state index contributed by atoms with van der Waals surface area (Å²) >= 11 is 1.06. The number of rotatable bonds is 8. The maximum absolute atomic E-state index is 13.0. The topological polar surface area (TPSA) is 90.0 Å². The molecule has 9 heteroatoms. The molecule has 0 aliphatic rings. The Morgan fingerprint density at radius 1 is 1.11 bits per heavy atom. The molecule has 0 saturated heterocycles. The fourth-order valence-corrected chi connectivity index (χ4v) is 5.00. The van der Waals surface area contributed by atoms with E-state index in [1.54, 1.807) is 32.2 Å². The standard InChI is InChI=1S/C18H21NO6S2/c1-4-24-16(20)12-19(27(22,23)17-7-6-10-26-17)15-9-8-14(11-13(15)3)18(21)25-5-2/h6-11H,4-5,12H2,1-3H3. The second-order valence-corrected chi connectivity index (χ2v) is 8.51. The SMILES string of the molecule is CCOC(=O)CN(c1ccc(C(=O)OCC)cc1C)S(=O)(=O)c1cccs1. The number of hydrogen-bond donors (Lipinski definition) is 0. The molecule has 27 heavy (non-hydrogen) atoms. The summed E-state index contributed by atoms with van der Waals surface area (Å²) in [4.78, 5) is 23.9. The summed E-state index contributed by atoms with van der Waals surface area (Å²) in [6.07, 6.45) is 0. The lowest BCUT2D eigenvalue weighted by Crippen LogP contribution is -2.36. The van der Waals surface area contributed by atoms with Crippen molar-refractivity contribution in [2.45, 2.75) is 25.0 Å². The number of benzene rings is 1. The maximum atomic E-state index is 13.0. The molecule has 2 rings (SSSR count). The summed E-state index contributed by atoms with van der Waals surface area (Å²) in [5.41, 5.74) is 1.12. The van der Waals surface area contributed by atoms with Crippen LogP contribution in [0.5, 0.6) is 0 Å². The van der Waals surface area contributed by atoms with Gasteiger partial charge in [0.05, 0.1) is 24.5 Å². The smallest absolute Gasteiger partial charge is 0.338 e. The Bertz CT molecular complexity index is 906. The molecule has 0 atom stereocenters. The molecule has 0 aliphatic heterocycles. The predicted molar refractivity (Wildman–Crippen MR) is 103 cm³/mol. The zero-order valence-electron chi connectivity index (χ0n) is 15.3. The minimum absolute atomic E-state index is 0.112. The van der Waals surface area contributed by atoms with Gasteiger partial charge in [-0.2, -0.15) is 0 Å². The fraction of sp³-hybridized carbons (Fsp3) is 0.333. The number of thiophene rings is 1. The Labute approximate surface area is 162 Å². The van der Waals surface area contributed by atoms with E-state index >= 15 is 0 Å². The van der Waals surface area contributed by atoms with Crippen LogP contribution in [-0.2, 0) is 24.3 Å². The van der Waals surface area contributed by atoms with E-state index < -0.39 is 28.5 Å². The minimum Gasteiger partial charge on any atom is -0.465 e. The highest BCUT2D eigenvalue weighted by Crippen LogP contribution is 2.29. The first-order chi connectivity index (χ1) is 12.8. The summed E-state index contributed by atoms with van der Waals surface area (Å²) in [5, 5.41) is 1.64. The Hall–Kier alpha value is -2.39. The largest absolute Gasteiger partial charge is 0.465 e. The van der Waals surface area contributed by atoms with Gasteiger partial charge >= 0.3 is 11.9 Å². The third kappa shape index (κ3) is 4.86. The van der Waals surface area contributed by atoms with Crippen LogP contribution in [0, 0.1) is 6.92 Å². The van der Waals surface area contributed by atoms with Gasteiger partial charge in [-0.25, -0.2) is 13.2 Å². The quantitative estimate of drug-likeness (QED) is 0.621. The highest BCUT2D eigenvalue weighted by atomic mass is 32.2. The van der Waals surface area contributed by atoms with Crippen molar-refractivity contribution in [3.63, 3.8) is 0 Å². The normalized spacial score (nSPS) is 11.1. The van der Waals surface area contributed by atoms with Gasteiger partial charge < -0.3 is 9.47 Å². The van der Waals surface area contributed by atoms with E-state index in [0.29, 0.717) is 16.8 Å². The lowest BCUT2D eigenvalue weighted by Gasteiger charge is -2.24. The molecule has 0 bridgehead atoms. The molecule has 0 aliphatic carbocycles. The fourth-order valence-electron chi connectivity index (χ4n) is 2.42. The van der Waals surface area contributed by atoms with Gasteiger partial charge in [0.2, 0.25) is 0 Å². The molecule has 1 aromatic heterocycles. The number of aryl methyl sites for hydroxylation is 1. The van der Waals surface area contributed by atoms with Crippen molar-refractivity contribution in [3.8, 4) is 0 Å². The Kier molecular flexibility index (Phi) is 6.98. The molecular formula is C18H21NO6S2. The maximum Gasteiger partial charge on any atom is 0.338 e. The highest BCUT2D eigenvalue weighted by Gasteiger charge is 2.30. The Balaban J connectivity index is 2.47. The molecule has 7 nitrogen and oxygen atoms in total. The van der Waals surface area contributed by atoms with Crippen molar-refractivity contribution in [3.05, 3.63) is 46.8 Å². The van der Waals surface area contributed by atoms with Crippen molar-refractivity contribution in [1.29, 1.82) is 0 Å². The van der Waals surface area contributed by atoms with Crippen molar-refractivity contribution in [1.82, 2.24) is 0 Å². The molecule has 146 valence electrons. The van der Waals surface area contributed by atoms with Crippen LogP contribution in [0.25, 0.3) is 0 Å². The Morgan fingerprint density at radius 2 is 1.81 bits per heavy atom. The summed E-state index contributed by atoms with van der Waals surface area (Å²) in [7, 11) is -3.96.